The van der Waals surface area contributed by atoms with Gasteiger partial charge in [0.15, 0.2) is 5.82 Å². The lowest BCUT2D eigenvalue weighted by Gasteiger charge is -2.06. The van der Waals surface area contributed by atoms with E-state index >= 15 is 0 Å². The fraction of sp³-hybridized carbons (Fsp3) is 0.308. The molecule has 1 aromatic carbocycles. The van der Waals surface area contributed by atoms with Crippen LogP contribution in [0.5, 0.6) is 0 Å². The normalized spacial score (nSPS) is 10.3. The van der Waals surface area contributed by atoms with Gasteiger partial charge in [-0.3, -0.25) is 4.79 Å². The number of esters is 1. The fourth-order valence-corrected chi connectivity index (χ4v) is 1.83. The molecule has 0 fully saturated rings. The number of benzene rings is 1. The van der Waals surface area contributed by atoms with Gasteiger partial charge < -0.3 is 9.84 Å². The first kappa shape index (κ1) is 14.6. The largest absolute Gasteiger partial charge is 0.481 e. The SMILES string of the molecule is COC(=O)c1cccc(Cn2nnnc2CCC(=O)O)c1. The maximum atomic E-state index is 11.5. The van der Waals surface area contributed by atoms with Gasteiger partial charge in [-0.2, -0.15) is 0 Å². The maximum Gasteiger partial charge on any atom is 0.337 e. The number of carboxylic acids is 1. The number of hydrogen-bond acceptors (Lipinski definition) is 6. The number of tetrazole rings is 1. The highest BCUT2D eigenvalue weighted by molar-refractivity contribution is 5.89. The second-order valence-electron chi connectivity index (χ2n) is 4.34. The number of carbonyl (C=O) groups excluding carboxylic acids is 1. The second kappa shape index (κ2) is 6.60. The molecule has 0 unspecified atom stereocenters. The molecule has 0 radical (unpaired) electrons. The van der Waals surface area contributed by atoms with Gasteiger partial charge in [0.1, 0.15) is 0 Å². The van der Waals surface area contributed by atoms with Crippen molar-refractivity contribution in [1.82, 2.24) is 20.2 Å². The Kier molecular flexibility index (Phi) is 4.60. The number of hydrogen-bond donors (Lipinski definition) is 1. The molecule has 0 saturated carbocycles. The lowest BCUT2D eigenvalue weighted by molar-refractivity contribution is -0.137. The number of carbonyl (C=O) groups is 2. The summed E-state index contributed by atoms with van der Waals surface area (Å²) >= 11 is 0. The van der Waals surface area contributed by atoms with Gasteiger partial charge in [0.25, 0.3) is 0 Å². The van der Waals surface area contributed by atoms with Crippen molar-refractivity contribution in [2.75, 3.05) is 7.11 Å². The third kappa shape index (κ3) is 3.85. The summed E-state index contributed by atoms with van der Waals surface area (Å²) in [6.45, 7) is 0.354. The van der Waals surface area contributed by atoms with Crippen LogP contribution in [-0.4, -0.2) is 44.4 Å². The highest BCUT2D eigenvalue weighted by Gasteiger charge is 2.10. The van der Waals surface area contributed by atoms with Crippen molar-refractivity contribution < 1.29 is 19.4 Å². The Hall–Kier alpha value is -2.77. The van der Waals surface area contributed by atoms with Crippen LogP contribution < -0.4 is 0 Å². The summed E-state index contributed by atoms with van der Waals surface area (Å²) in [6, 6.07) is 6.91. The maximum absolute atomic E-state index is 11.5. The molecule has 8 heteroatoms. The number of aliphatic carboxylic acids is 1. The molecule has 0 atom stereocenters. The van der Waals surface area contributed by atoms with E-state index in [1.807, 2.05) is 6.07 Å². The van der Waals surface area contributed by atoms with Gasteiger partial charge in [-0.15, -0.1) is 5.10 Å². The number of nitrogens with zero attached hydrogens (tertiary/aromatic N) is 4. The summed E-state index contributed by atoms with van der Waals surface area (Å²) in [5, 5.41) is 19.9. The van der Waals surface area contributed by atoms with Crippen molar-refractivity contribution in [3.8, 4) is 0 Å². The van der Waals surface area contributed by atoms with Crippen LogP contribution in [0, 0.1) is 0 Å². The summed E-state index contributed by atoms with van der Waals surface area (Å²) in [5.41, 5.74) is 1.26. The Bertz CT molecular complexity index is 653. The molecule has 8 nitrogen and oxygen atoms in total. The number of rotatable bonds is 6. The zero-order chi connectivity index (χ0) is 15.2. The van der Waals surface area contributed by atoms with Crippen LogP contribution in [0.4, 0.5) is 0 Å². The van der Waals surface area contributed by atoms with Gasteiger partial charge in [0.05, 0.1) is 25.6 Å². The first-order chi connectivity index (χ1) is 10.1. The van der Waals surface area contributed by atoms with Crippen LogP contribution in [0.25, 0.3) is 0 Å². The zero-order valence-corrected chi connectivity index (χ0v) is 11.4. The Morgan fingerprint density at radius 1 is 1.38 bits per heavy atom. The van der Waals surface area contributed by atoms with E-state index < -0.39 is 11.9 Å². The molecule has 0 aliphatic heterocycles. The summed E-state index contributed by atoms with van der Waals surface area (Å²) in [7, 11) is 1.32. The molecule has 21 heavy (non-hydrogen) atoms. The predicted molar refractivity (Wildman–Crippen MR) is 70.7 cm³/mol. The average molecular weight is 290 g/mol. The van der Waals surface area contributed by atoms with E-state index in [2.05, 4.69) is 20.3 Å². The minimum absolute atomic E-state index is 0.0391. The number of aromatic nitrogens is 4. The Morgan fingerprint density at radius 2 is 2.19 bits per heavy atom. The zero-order valence-electron chi connectivity index (χ0n) is 11.4. The van der Waals surface area contributed by atoms with E-state index in [9.17, 15) is 9.59 Å². The quantitative estimate of drug-likeness (QED) is 0.773. The molecular weight excluding hydrogens is 276 g/mol. The smallest absolute Gasteiger partial charge is 0.337 e. The van der Waals surface area contributed by atoms with E-state index in [0.717, 1.165) is 5.56 Å². The predicted octanol–water partition coefficient (Wildman–Crippen LogP) is 0.525. The Morgan fingerprint density at radius 3 is 2.90 bits per heavy atom. The molecule has 0 saturated heterocycles. The van der Waals surface area contributed by atoms with Crippen molar-refractivity contribution in [2.24, 2.45) is 0 Å². The van der Waals surface area contributed by atoms with Gasteiger partial charge in [-0.25, -0.2) is 9.48 Å². The first-order valence-corrected chi connectivity index (χ1v) is 6.24. The fourth-order valence-electron chi connectivity index (χ4n) is 1.83. The molecule has 0 aliphatic rings. The topological polar surface area (TPSA) is 107 Å². The molecule has 1 N–H and O–H groups in total. The molecule has 1 heterocycles. The second-order valence-corrected chi connectivity index (χ2v) is 4.34. The van der Waals surface area contributed by atoms with Crippen molar-refractivity contribution >= 4 is 11.9 Å². The van der Waals surface area contributed by atoms with Crippen LogP contribution in [0.15, 0.2) is 24.3 Å². The standard InChI is InChI=1S/C13H14N4O4/c1-21-13(20)10-4-2-3-9(7-10)8-17-11(14-15-16-17)5-6-12(18)19/h2-4,7H,5-6,8H2,1H3,(H,18,19). The van der Waals surface area contributed by atoms with Crippen molar-refractivity contribution in [3.05, 3.63) is 41.2 Å². The minimum atomic E-state index is -0.905. The monoisotopic (exact) mass is 290 g/mol. The summed E-state index contributed by atoms with van der Waals surface area (Å²) in [4.78, 5) is 22.1. The summed E-state index contributed by atoms with van der Waals surface area (Å²) in [6.07, 6.45) is 0.210. The lowest BCUT2D eigenvalue weighted by Crippen LogP contribution is -2.10. The van der Waals surface area contributed by atoms with Crippen molar-refractivity contribution in [1.29, 1.82) is 0 Å². The van der Waals surface area contributed by atoms with Crippen LogP contribution >= 0.6 is 0 Å². The van der Waals surface area contributed by atoms with E-state index in [0.29, 0.717) is 17.9 Å². The van der Waals surface area contributed by atoms with Gasteiger partial charge in [0, 0.05) is 6.42 Å². The third-order valence-corrected chi connectivity index (χ3v) is 2.85. The minimum Gasteiger partial charge on any atom is -0.481 e. The van der Waals surface area contributed by atoms with Crippen LogP contribution in [0.3, 0.4) is 0 Å². The van der Waals surface area contributed by atoms with Crippen LogP contribution in [0.2, 0.25) is 0 Å². The molecule has 2 aromatic rings. The molecule has 110 valence electrons. The number of ether oxygens (including phenoxy) is 1. The number of aryl methyl sites for hydroxylation is 1. The number of carboxylic acid groups (broad SMARTS) is 1. The van der Waals surface area contributed by atoms with Gasteiger partial charge in [0.2, 0.25) is 0 Å². The van der Waals surface area contributed by atoms with Crippen molar-refractivity contribution in [2.45, 2.75) is 19.4 Å². The van der Waals surface area contributed by atoms with Crippen LogP contribution in [0.1, 0.15) is 28.2 Å². The molecule has 1 aromatic heterocycles. The summed E-state index contributed by atoms with van der Waals surface area (Å²) in [5.74, 6) is -0.835. The van der Waals surface area contributed by atoms with Gasteiger partial charge >= 0.3 is 11.9 Å². The third-order valence-electron chi connectivity index (χ3n) is 2.85. The lowest BCUT2D eigenvalue weighted by atomic mass is 10.1. The van der Waals surface area contributed by atoms with Crippen molar-refractivity contribution in [3.63, 3.8) is 0 Å². The highest BCUT2D eigenvalue weighted by atomic mass is 16.5. The molecule has 0 spiro atoms. The highest BCUT2D eigenvalue weighted by Crippen LogP contribution is 2.09. The average Bonchev–Trinajstić information content (AvgIpc) is 2.91. The molecule has 0 aliphatic carbocycles. The summed E-state index contributed by atoms with van der Waals surface area (Å²) < 4.78 is 6.18. The van der Waals surface area contributed by atoms with Crippen LogP contribution in [-0.2, 0) is 22.5 Å². The van der Waals surface area contributed by atoms with E-state index in [1.165, 1.54) is 11.8 Å². The van der Waals surface area contributed by atoms with Gasteiger partial charge in [-0.1, -0.05) is 12.1 Å². The first-order valence-electron chi connectivity index (χ1n) is 6.24. The Balaban J connectivity index is 2.13. The van der Waals surface area contributed by atoms with E-state index in [1.54, 1.807) is 18.2 Å². The molecule has 0 bridgehead atoms. The molecule has 2 rings (SSSR count). The molecular formula is C13H14N4O4. The van der Waals surface area contributed by atoms with Gasteiger partial charge in [-0.05, 0) is 28.1 Å². The van der Waals surface area contributed by atoms with E-state index in [4.69, 9.17) is 5.11 Å². The van der Waals surface area contributed by atoms with E-state index in [-0.39, 0.29) is 12.8 Å². The number of methoxy groups -OCH3 is 1. The molecule has 0 amide bonds. The Labute approximate surface area is 120 Å².